The highest BCUT2D eigenvalue weighted by Crippen LogP contribution is 2.39. The molecule has 4 heterocycles. The third-order valence-electron chi connectivity index (χ3n) is 9.65. The first-order chi connectivity index (χ1) is 24.9. The average Bonchev–Trinajstić information content (AvgIpc) is 3.73. The summed E-state index contributed by atoms with van der Waals surface area (Å²) in [5, 5.41) is 33.3. The quantitative estimate of drug-likeness (QED) is 0.129. The zero-order chi connectivity index (χ0) is 37.5. The van der Waals surface area contributed by atoms with E-state index in [0.29, 0.717) is 37.1 Å². The molecule has 2 amide bonds. The third kappa shape index (κ3) is 8.48. The Kier molecular flexibility index (Phi) is 11.4. The van der Waals surface area contributed by atoms with Gasteiger partial charge in [0.05, 0.1) is 36.1 Å². The number of nitrogens with zero attached hydrogens (tertiary/aromatic N) is 8. The fourth-order valence-electron chi connectivity index (χ4n) is 6.64. The summed E-state index contributed by atoms with van der Waals surface area (Å²) in [5.74, 6) is -2.19. The fraction of sp³-hybridized carbons (Fsp3) is 0.412. The van der Waals surface area contributed by atoms with Crippen LogP contribution < -0.4 is 33.6 Å². The minimum Gasteiger partial charge on any atom is -0.365 e. The van der Waals surface area contributed by atoms with Crippen molar-refractivity contribution in [3.63, 3.8) is 0 Å². The van der Waals surface area contributed by atoms with Crippen molar-refractivity contribution in [3.8, 4) is 12.1 Å². The van der Waals surface area contributed by atoms with Gasteiger partial charge in [0.2, 0.25) is 11.9 Å². The number of hydrogen-bond donors (Lipinski definition) is 6. The molecule has 0 radical (unpaired) electrons. The molecule has 4 aromatic heterocycles. The highest BCUT2D eigenvalue weighted by atomic mass is 19.1. The van der Waals surface area contributed by atoms with Crippen LogP contribution in [0.15, 0.2) is 49.1 Å². The summed E-state index contributed by atoms with van der Waals surface area (Å²) >= 11 is 0. The molecule has 0 spiro atoms. The fourth-order valence-corrected chi connectivity index (χ4v) is 6.64. The molecule has 0 aliphatic heterocycles. The van der Waals surface area contributed by atoms with Crippen LogP contribution in [0.25, 0.3) is 0 Å². The number of pyridine rings is 2. The number of carbonyl (C=O) groups is 2. The van der Waals surface area contributed by atoms with Crippen LogP contribution in [-0.2, 0) is 11.1 Å². The van der Waals surface area contributed by atoms with Gasteiger partial charge < -0.3 is 33.6 Å². The number of aromatic nitrogens is 6. The molecule has 4 aromatic rings. The van der Waals surface area contributed by atoms with Gasteiger partial charge in [-0.1, -0.05) is 0 Å². The van der Waals surface area contributed by atoms with Crippen molar-refractivity contribution in [2.45, 2.75) is 87.4 Å². The molecule has 0 aromatic carbocycles. The summed E-state index contributed by atoms with van der Waals surface area (Å²) in [5.41, 5.74) is 23.0. The Balaban J connectivity index is 0.000000201. The van der Waals surface area contributed by atoms with Crippen LogP contribution >= 0.6 is 0 Å². The number of nitrogens with two attached hydrogens (primary N) is 4. The van der Waals surface area contributed by atoms with E-state index in [4.69, 9.17) is 22.9 Å². The Hall–Kier alpha value is -5.98. The van der Waals surface area contributed by atoms with E-state index in [1.807, 2.05) is 0 Å². The zero-order valence-electron chi connectivity index (χ0n) is 28.3. The summed E-state index contributed by atoms with van der Waals surface area (Å²) in [6, 6.07) is 10.1. The summed E-state index contributed by atoms with van der Waals surface area (Å²) in [4.78, 5) is 30.7. The molecular weight excluding hydrogens is 674 g/mol. The van der Waals surface area contributed by atoms with E-state index in [9.17, 15) is 28.9 Å². The molecule has 2 aliphatic rings. The number of nitriles is 2. The van der Waals surface area contributed by atoms with E-state index in [2.05, 4.69) is 42.9 Å². The molecule has 16 nitrogen and oxygen atoms in total. The van der Waals surface area contributed by atoms with Gasteiger partial charge in [0.15, 0.2) is 11.6 Å². The van der Waals surface area contributed by atoms with E-state index in [1.165, 1.54) is 24.5 Å². The van der Waals surface area contributed by atoms with Crippen molar-refractivity contribution in [1.29, 1.82) is 10.5 Å². The second-order valence-corrected chi connectivity index (χ2v) is 13.2. The lowest BCUT2D eigenvalue weighted by Gasteiger charge is -2.38. The van der Waals surface area contributed by atoms with Gasteiger partial charge in [-0.3, -0.25) is 19.0 Å². The Morgan fingerprint density at radius 1 is 0.750 bits per heavy atom. The molecule has 0 saturated heterocycles. The van der Waals surface area contributed by atoms with Crippen molar-refractivity contribution in [2.24, 2.45) is 22.9 Å². The van der Waals surface area contributed by atoms with E-state index in [0.717, 1.165) is 25.7 Å². The number of nitrogens with one attached hydrogen (secondary N) is 2. The number of primary amides is 2. The van der Waals surface area contributed by atoms with Gasteiger partial charge in [0.1, 0.15) is 11.1 Å². The highest BCUT2D eigenvalue weighted by Gasteiger charge is 2.39. The monoisotopic (exact) mass is 714 g/mol. The summed E-state index contributed by atoms with van der Waals surface area (Å²) in [7, 11) is 0. The number of hydrogen-bond acceptors (Lipinski definition) is 12. The van der Waals surface area contributed by atoms with Crippen molar-refractivity contribution in [2.75, 3.05) is 10.6 Å². The van der Waals surface area contributed by atoms with Crippen molar-refractivity contribution in [3.05, 3.63) is 72.1 Å². The lowest BCUT2D eigenvalue weighted by molar-refractivity contribution is 0.0991. The molecule has 6 rings (SSSR count). The van der Waals surface area contributed by atoms with Crippen molar-refractivity contribution in [1.82, 2.24) is 29.5 Å². The van der Waals surface area contributed by atoms with Crippen molar-refractivity contribution < 1.29 is 18.4 Å². The highest BCUT2D eigenvalue weighted by molar-refractivity contribution is 5.98. The summed E-state index contributed by atoms with van der Waals surface area (Å²) in [6.45, 7) is 0. The molecule has 2 saturated carbocycles. The average molecular weight is 715 g/mol. The lowest BCUT2D eigenvalue weighted by atomic mass is 9.78. The lowest BCUT2D eigenvalue weighted by Crippen LogP contribution is -2.41. The maximum Gasteiger partial charge on any atom is 0.254 e. The van der Waals surface area contributed by atoms with Crippen LogP contribution in [-0.4, -0.2) is 53.4 Å². The molecule has 2 fully saturated rings. The van der Waals surface area contributed by atoms with Gasteiger partial charge >= 0.3 is 0 Å². The smallest absolute Gasteiger partial charge is 0.254 e. The molecule has 0 unspecified atom stereocenters. The molecule has 2 aliphatic carbocycles. The first-order valence-electron chi connectivity index (χ1n) is 16.7. The largest absolute Gasteiger partial charge is 0.365 e. The molecule has 18 heteroatoms. The third-order valence-corrected chi connectivity index (χ3v) is 9.65. The Morgan fingerprint density at radius 3 is 1.42 bits per heavy atom. The van der Waals surface area contributed by atoms with Crippen molar-refractivity contribution >= 4 is 34.8 Å². The van der Waals surface area contributed by atoms with Gasteiger partial charge in [-0.15, -0.1) is 0 Å². The molecule has 0 atom stereocenters. The second kappa shape index (κ2) is 15.9. The topological polar surface area (TPSA) is 271 Å². The van der Waals surface area contributed by atoms with Crippen LogP contribution in [0.1, 0.15) is 84.9 Å². The standard InChI is InChI=1S/2C17H20FN7O/c2*18-14-9-12(3-8-22-14)23-16-13(15(21)26)10-25(24-16)17(6-7-19)4-1-11(20)2-5-17/h2*3,8-11H,1-2,4-6,20H2,(H2,21,26)(H,22,23,24). The number of halogens is 2. The van der Waals surface area contributed by atoms with E-state index < -0.39 is 34.8 Å². The predicted molar refractivity (Wildman–Crippen MR) is 186 cm³/mol. The zero-order valence-corrected chi connectivity index (χ0v) is 28.3. The van der Waals surface area contributed by atoms with Crippen LogP contribution in [0.4, 0.5) is 31.8 Å². The number of amides is 2. The minimum absolute atomic E-state index is 0.102. The Bertz CT molecular complexity index is 1840. The minimum atomic E-state index is -0.659. The van der Waals surface area contributed by atoms with Crippen LogP contribution in [0.2, 0.25) is 0 Å². The molecule has 0 bridgehead atoms. The van der Waals surface area contributed by atoms with Gasteiger partial charge in [0.25, 0.3) is 11.8 Å². The van der Waals surface area contributed by atoms with Gasteiger partial charge in [0, 0.05) is 60.4 Å². The number of rotatable bonds is 10. The number of carbonyl (C=O) groups excluding carboxylic acids is 2. The first kappa shape index (κ1) is 37.3. The second-order valence-electron chi connectivity index (χ2n) is 13.2. The SMILES string of the molecule is N#CCC1(n2cc(C(N)=O)c(Nc3ccnc(F)c3)n2)CCC(N)CC1.N#CCC1(n2cc(C(N)=O)c(Nc3ccnc(F)c3)n2)CCC(N)CC1. The maximum absolute atomic E-state index is 13.3. The normalized spacial score (nSPS) is 22.6. The predicted octanol–water partition coefficient (Wildman–Crippen LogP) is 3.54. The Morgan fingerprint density at radius 2 is 1.12 bits per heavy atom. The molecule has 10 N–H and O–H groups in total. The van der Waals surface area contributed by atoms with Gasteiger partial charge in [-0.05, 0) is 63.5 Å². The number of anilines is 4. The molecule has 272 valence electrons. The summed E-state index contributed by atoms with van der Waals surface area (Å²) in [6.07, 6.45) is 12.0. The van der Waals surface area contributed by atoms with Gasteiger partial charge in [-0.25, -0.2) is 9.97 Å². The van der Waals surface area contributed by atoms with E-state index in [-0.39, 0.29) is 47.7 Å². The molecular formula is C34H40F2N14O2. The maximum atomic E-state index is 13.3. The van der Waals surface area contributed by atoms with E-state index in [1.54, 1.807) is 33.9 Å². The van der Waals surface area contributed by atoms with Crippen LogP contribution in [0, 0.1) is 34.6 Å². The molecule has 52 heavy (non-hydrogen) atoms. The van der Waals surface area contributed by atoms with Crippen LogP contribution in [0.3, 0.4) is 0 Å². The first-order valence-corrected chi connectivity index (χ1v) is 16.7. The van der Waals surface area contributed by atoms with Gasteiger partial charge in [-0.2, -0.15) is 29.5 Å². The van der Waals surface area contributed by atoms with Crippen LogP contribution in [0.5, 0.6) is 0 Å². The Labute approximate surface area is 298 Å². The summed E-state index contributed by atoms with van der Waals surface area (Å²) < 4.78 is 29.9. The van der Waals surface area contributed by atoms with E-state index >= 15 is 0 Å².